The fourth-order valence-corrected chi connectivity index (χ4v) is 3.37. The number of carbonyl (C=O) groups is 2. The molecule has 1 unspecified atom stereocenters. The number of hydrogen-bond donors (Lipinski definition) is 3. The number of anilines is 1. The highest BCUT2D eigenvalue weighted by atomic mass is 35.5. The zero-order valence-electron chi connectivity index (χ0n) is 17.6. The summed E-state index contributed by atoms with van der Waals surface area (Å²) in [6.45, 7) is 0. The van der Waals surface area contributed by atoms with Crippen LogP contribution in [-0.4, -0.2) is 36.8 Å². The molecule has 1 aliphatic rings. The van der Waals surface area contributed by atoms with Gasteiger partial charge in [0.15, 0.2) is 0 Å². The number of rotatable bonds is 6. The average Bonchev–Trinajstić information content (AvgIpc) is 2.75. The second-order valence-electron chi connectivity index (χ2n) is 7.18. The Hall–Kier alpha value is -3.29. The Kier molecular flexibility index (Phi) is 7.92. The molecule has 0 heterocycles. The van der Waals surface area contributed by atoms with Gasteiger partial charge in [0.2, 0.25) is 0 Å². The van der Waals surface area contributed by atoms with Crippen LogP contribution < -0.4 is 16.0 Å². The fraction of sp³-hybridized carbons (Fsp3) is 0.174. The summed E-state index contributed by atoms with van der Waals surface area (Å²) in [6, 6.07) is 12.0. The number of nitrogens with one attached hydrogen (secondary N) is 3. The second-order valence-corrected chi connectivity index (χ2v) is 8.03. The van der Waals surface area contributed by atoms with E-state index in [2.05, 4.69) is 21.1 Å². The predicted octanol–water partition coefficient (Wildman–Crippen LogP) is 4.73. The van der Waals surface area contributed by atoms with Crippen molar-refractivity contribution < 1.29 is 9.59 Å². The van der Waals surface area contributed by atoms with Gasteiger partial charge in [0, 0.05) is 47.5 Å². The molecule has 3 amide bonds. The number of benzene rings is 2. The van der Waals surface area contributed by atoms with Crippen LogP contribution in [-0.2, 0) is 4.79 Å². The van der Waals surface area contributed by atoms with Gasteiger partial charge in [-0.15, -0.1) is 0 Å². The van der Waals surface area contributed by atoms with Crippen LogP contribution >= 0.6 is 23.2 Å². The van der Waals surface area contributed by atoms with Gasteiger partial charge < -0.3 is 21.0 Å². The van der Waals surface area contributed by atoms with Gasteiger partial charge in [-0.05, 0) is 42.5 Å². The first-order valence-corrected chi connectivity index (χ1v) is 10.6. The van der Waals surface area contributed by atoms with Crippen LogP contribution in [0.4, 0.5) is 10.5 Å². The van der Waals surface area contributed by atoms with Crippen LogP contribution in [0.15, 0.2) is 77.6 Å². The van der Waals surface area contributed by atoms with Crippen molar-refractivity contribution >= 4 is 46.5 Å². The minimum absolute atomic E-state index is 0.369. The van der Waals surface area contributed by atoms with Gasteiger partial charge in [0.05, 0.1) is 5.71 Å². The van der Waals surface area contributed by atoms with Gasteiger partial charge in [-0.1, -0.05) is 47.5 Å². The van der Waals surface area contributed by atoms with E-state index in [9.17, 15) is 9.59 Å². The summed E-state index contributed by atoms with van der Waals surface area (Å²) < 4.78 is 0. The van der Waals surface area contributed by atoms with Crippen LogP contribution in [0.5, 0.6) is 0 Å². The van der Waals surface area contributed by atoms with Crippen LogP contribution in [0.25, 0.3) is 0 Å². The maximum atomic E-state index is 13.1. The lowest BCUT2D eigenvalue weighted by molar-refractivity contribution is -0.122. The van der Waals surface area contributed by atoms with Crippen molar-refractivity contribution in [3.63, 3.8) is 0 Å². The van der Waals surface area contributed by atoms with E-state index in [-0.39, 0.29) is 0 Å². The van der Waals surface area contributed by atoms with Crippen molar-refractivity contribution in [3.05, 3.63) is 88.1 Å². The third-order valence-electron chi connectivity index (χ3n) is 4.44. The van der Waals surface area contributed by atoms with Crippen LogP contribution in [0.1, 0.15) is 18.0 Å². The zero-order chi connectivity index (χ0) is 23.1. The molecule has 0 saturated carbocycles. The summed E-state index contributed by atoms with van der Waals surface area (Å²) in [5, 5.41) is 15.2. The van der Waals surface area contributed by atoms with Crippen molar-refractivity contribution in [2.75, 3.05) is 19.4 Å². The van der Waals surface area contributed by atoms with Gasteiger partial charge in [-0.25, -0.2) is 4.79 Å². The quantitative estimate of drug-likeness (QED) is 0.532. The first-order chi connectivity index (χ1) is 15.3. The van der Waals surface area contributed by atoms with Crippen molar-refractivity contribution in [1.82, 2.24) is 15.6 Å². The Balaban J connectivity index is 1.74. The summed E-state index contributed by atoms with van der Waals surface area (Å²) in [5.74, 6) is -0.423. The lowest BCUT2D eigenvalue weighted by atomic mass is 10.1. The molecule has 0 saturated heterocycles. The molecule has 0 bridgehead atoms. The third-order valence-corrected chi connectivity index (χ3v) is 5.03. The lowest BCUT2D eigenvalue weighted by Crippen LogP contribution is -2.42. The minimum Gasteiger partial charge on any atom is -0.324 e. The van der Waals surface area contributed by atoms with E-state index in [4.69, 9.17) is 23.2 Å². The van der Waals surface area contributed by atoms with Gasteiger partial charge in [-0.3, -0.25) is 4.79 Å². The Morgan fingerprint density at radius 1 is 1.00 bits per heavy atom. The van der Waals surface area contributed by atoms with Crippen LogP contribution in [0.3, 0.4) is 0 Å². The summed E-state index contributed by atoms with van der Waals surface area (Å²) in [6.07, 6.45) is 6.03. The molecule has 166 valence electrons. The number of nitrogens with zero attached hydrogens (tertiary/aromatic N) is 2. The molecule has 0 fully saturated rings. The molecule has 9 heteroatoms. The highest BCUT2D eigenvalue weighted by Gasteiger charge is 2.25. The molecule has 2 aromatic rings. The normalized spacial score (nSPS) is 15.0. The molecule has 7 nitrogen and oxygen atoms in total. The van der Waals surface area contributed by atoms with E-state index in [1.807, 2.05) is 26.2 Å². The molecule has 3 N–H and O–H groups in total. The third kappa shape index (κ3) is 6.60. The predicted molar refractivity (Wildman–Crippen MR) is 129 cm³/mol. The Labute approximate surface area is 196 Å². The summed E-state index contributed by atoms with van der Waals surface area (Å²) in [4.78, 5) is 25.7. The van der Waals surface area contributed by atoms with Crippen LogP contribution in [0.2, 0.25) is 10.0 Å². The fourth-order valence-electron chi connectivity index (χ4n) is 3.00. The maximum absolute atomic E-state index is 13.1. The standard InChI is InChI=1S/C23H23Cl2N5O2/c1-30(2)29-18-13-11-16(12-14-18)26-22(31)21(19-5-3-4-6-20(19)25)28-23(32)27-17-9-7-15(24)8-10-17/h3-13,21H,14H2,1-2H3,(H,26,31)(H2,27,28,32). The number of urea groups is 1. The van der Waals surface area contributed by atoms with Crippen molar-refractivity contribution in [3.8, 4) is 0 Å². The van der Waals surface area contributed by atoms with Crippen molar-refractivity contribution in [1.29, 1.82) is 0 Å². The molecule has 0 spiro atoms. The Bertz CT molecular complexity index is 1080. The van der Waals surface area contributed by atoms with Gasteiger partial charge in [0.25, 0.3) is 5.91 Å². The molecule has 1 atom stereocenters. The number of hydrogen-bond acceptors (Lipinski definition) is 4. The van der Waals surface area contributed by atoms with E-state index in [1.165, 1.54) is 0 Å². The van der Waals surface area contributed by atoms with Crippen molar-refractivity contribution in [2.45, 2.75) is 12.5 Å². The van der Waals surface area contributed by atoms with Crippen LogP contribution in [0, 0.1) is 0 Å². The highest BCUT2D eigenvalue weighted by Crippen LogP contribution is 2.24. The molecule has 2 aromatic carbocycles. The number of hydrazone groups is 1. The number of halogens is 2. The molecule has 1 aliphatic carbocycles. The molecular formula is C23H23Cl2N5O2. The first kappa shape index (κ1) is 23.4. The topological polar surface area (TPSA) is 85.8 Å². The van der Waals surface area contributed by atoms with E-state index < -0.39 is 18.0 Å². The SMILES string of the molecule is CN(C)N=C1C=CC(NC(=O)C(NC(=O)Nc2ccc(Cl)cc2)c2ccccc2Cl)=CC1. The lowest BCUT2D eigenvalue weighted by Gasteiger charge is -2.21. The first-order valence-electron chi connectivity index (χ1n) is 9.83. The monoisotopic (exact) mass is 471 g/mol. The summed E-state index contributed by atoms with van der Waals surface area (Å²) in [5.41, 5.74) is 2.50. The number of allylic oxidation sites excluding steroid dienone is 3. The van der Waals surface area contributed by atoms with E-state index in [0.717, 1.165) is 5.71 Å². The Morgan fingerprint density at radius 3 is 2.34 bits per heavy atom. The van der Waals surface area contributed by atoms with Gasteiger partial charge >= 0.3 is 6.03 Å². The summed E-state index contributed by atoms with van der Waals surface area (Å²) >= 11 is 12.2. The maximum Gasteiger partial charge on any atom is 0.320 e. The minimum atomic E-state index is -1.01. The second kappa shape index (κ2) is 10.8. The van der Waals surface area contributed by atoms with Gasteiger partial charge in [0.1, 0.15) is 6.04 Å². The molecule has 0 radical (unpaired) electrons. The van der Waals surface area contributed by atoms with E-state index >= 15 is 0 Å². The van der Waals surface area contributed by atoms with Gasteiger partial charge in [-0.2, -0.15) is 5.10 Å². The molecular weight excluding hydrogens is 449 g/mol. The molecule has 3 rings (SSSR count). The van der Waals surface area contributed by atoms with Crippen molar-refractivity contribution in [2.24, 2.45) is 5.10 Å². The molecule has 0 aliphatic heterocycles. The largest absolute Gasteiger partial charge is 0.324 e. The average molecular weight is 472 g/mol. The summed E-state index contributed by atoms with van der Waals surface area (Å²) in [7, 11) is 3.69. The smallest absolute Gasteiger partial charge is 0.320 e. The van der Waals surface area contributed by atoms with E-state index in [0.29, 0.717) is 33.4 Å². The molecule has 32 heavy (non-hydrogen) atoms. The number of amides is 3. The molecule has 0 aromatic heterocycles. The van der Waals surface area contributed by atoms with E-state index in [1.54, 1.807) is 59.6 Å². The highest BCUT2D eigenvalue weighted by molar-refractivity contribution is 6.31. The number of carbonyl (C=O) groups excluding carboxylic acids is 2. The Morgan fingerprint density at radius 2 is 1.72 bits per heavy atom. The zero-order valence-corrected chi connectivity index (χ0v) is 19.1.